The normalized spacial score (nSPS) is 21.2. The van der Waals surface area contributed by atoms with Crippen LogP contribution in [0.15, 0.2) is 29.3 Å². The molecule has 0 aliphatic carbocycles. The molecular formula is C21H27N7O2. The number of likely N-dealkylation sites (N-methyl/N-ethyl adjacent to an activating group) is 2. The molecule has 1 fully saturated rings. The zero-order valence-electron chi connectivity index (χ0n) is 18.0. The van der Waals surface area contributed by atoms with Gasteiger partial charge in [0, 0.05) is 33.1 Å². The van der Waals surface area contributed by atoms with E-state index in [0.29, 0.717) is 11.7 Å². The Bertz CT molecular complexity index is 1020. The Labute approximate surface area is 176 Å². The number of benzene rings is 1. The van der Waals surface area contributed by atoms with Gasteiger partial charge in [-0.15, -0.1) is 0 Å². The SMILES string of the molecule is CC(C)CN(C)c1nc(CN2C(=O)N(C)C(=O)C3C2N=CN3C)nc2ccccc12. The minimum absolute atomic E-state index is 0.177. The van der Waals surface area contributed by atoms with Crippen molar-refractivity contribution in [2.24, 2.45) is 10.9 Å². The molecule has 3 heterocycles. The number of carbonyl (C=O) groups is 2. The third-order valence-corrected chi connectivity index (χ3v) is 5.50. The van der Waals surface area contributed by atoms with Crippen LogP contribution in [-0.4, -0.2) is 82.8 Å². The molecule has 2 atom stereocenters. The molecule has 158 valence electrons. The molecule has 2 aromatic rings. The van der Waals surface area contributed by atoms with Gasteiger partial charge < -0.3 is 9.80 Å². The lowest BCUT2D eigenvalue weighted by molar-refractivity contribution is -0.136. The van der Waals surface area contributed by atoms with Crippen molar-refractivity contribution in [1.29, 1.82) is 0 Å². The zero-order chi connectivity index (χ0) is 21.6. The van der Waals surface area contributed by atoms with Gasteiger partial charge in [0.05, 0.1) is 18.4 Å². The Hall–Kier alpha value is -3.23. The summed E-state index contributed by atoms with van der Waals surface area (Å²) in [4.78, 5) is 46.0. The first-order chi connectivity index (χ1) is 14.3. The smallest absolute Gasteiger partial charge is 0.328 e. The van der Waals surface area contributed by atoms with E-state index in [-0.39, 0.29) is 18.5 Å². The molecular weight excluding hydrogens is 382 g/mol. The summed E-state index contributed by atoms with van der Waals surface area (Å²) in [5, 5.41) is 0.971. The standard InChI is InChI=1S/C21H27N7O2/c1-13(2)10-25(3)18-14-8-6-7-9-15(14)23-16(24-18)11-28-19-17(26(4)12-22-19)20(29)27(5)21(28)30/h6-9,12-13,17,19H,10-11H2,1-5H3. The molecule has 0 spiro atoms. The van der Waals surface area contributed by atoms with Crippen LogP contribution in [0.3, 0.4) is 0 Å². The highest BCUT2D eigenvalue weighted by Crippen LogP contribution is 2.28. The molecule has 9 heteroatoms. The molecule has 0 saturated carbocycles. The number of nitrogens with zero attached hydrogens (tertiary/aromatic N) is 7. The number of fused-ring (bicyclic) bond motifs is 2. The molecule has 0 N–H and O–H groups in total. The van der Waals surface area contributed by atoms with Crippen LogP contribution in [0.5, 0.6) is 0 Å². The van der Waals surface area contributed by atoms with E-state index in [1.807, 2.05) is 31.3 Å². The van der Waals surface area contributed by atoms with Crippen LogP contribution in [0.1, 0.15) is 19.7 Å². The first-order valence-electron chi connectivity index (χ1n) is 10.1. The monoisotopic (exact) mass is 409 g/mol. The van der Waals surface area contributed by atoms with Crippen molar-refractivity contribution in [3.8, 4) is 0 Å². The third kappa shape index (κ3) is 3.34. The van der Waals surface area contributed by atoms with Gasteiger partial charge >= 0.3 is 6.03 Å². The molecule has 1 aromatic carbocycles. The number of aliphatic imine (C=N–C) groups is 1. The molecule has 1 aromatic heterocycles. The molecule has 2 aliphatic heterocycles. The van der Waals surface area contributed by atoms with E-state index >= 15 is 0 Å². The number of carbonyl (C=O) groups excluding carboxylic acids is 2. The van der Waals surface area contributed by atoms with Crippen LogP contribution in [0.4, 0.5) is 10.6 Å². The number of aromatic nitrogens is 2. The van der Waals surface area contributed by atoms with Gasteiger partial charge in [0.1, 0.15) is 5.82 Å². The van der Waals surface area contributed by atoms with Crippen LogP contribution >= 0.6 is 0 Å². The van der Waals surface area contributed by atoms with Crippen LogP contribution in [0, 0.1) is 5.92 Å². The molecule has 0 bridgehead atoms. The van der Waals surface area contributed by atoms with Crippen LogP contribution in [0.2, 0.25) is 0 Å². The molecule has 30 heavy (non-hydrogen) atoms. The maximum absolute atomic E-state index is 12.9. The maximum Gasteiger partial charge on any atom is 0.328 e. The average molecular weight is 409 g/mol. The number of hydrogen-bond donors (Lipinski definition) is 0. The van der Waals surface area contributed by atoms with Crippen molar-refractivity contribution in [1.82, 2.24) is 24.7 Å². The Morgan fingerprint density at radius 2 is 1.87 bits per heavy atom. The molecule has 2 aliphatic rings. The lowest BCUT2D eigenvalue weighted by Crippen LogP contribution is -2.63. The lowest BCUT2D eigenvalue weighted by atomic mass is 10.1. The molecule has 2 unspecified atom stereocenters. The van der Waals surface area contributed by atoms with Crippen molar-refractivity contribution >= 4 is 35.0 Å². The van der Waals surface area contributed by atoms with E-state index in [0.717, 1.165) is 28.2 Å². The van der Waals surface area contributed by atoms with Crippen molar-refractivity contribution in [2.75, 3.05) is 32.6 Å². The first kappa shape index (κ1) is 20.1. The molecule has 0 radical (unpaired) electrons. The summed E-state index contributed by atoms with van der Waals surface area (Å²) in [6.45, 7) is 5.35. The second kappa shape index (κ2) is 7.55. The van der Waals surface area contributed by atoms with Crippen LogP contribution in [-0.2, 0) is 11.3 Å². The van der Waals surface area contributed by atoms with E-state index in [1.54, 1.807) is 23.2 Å². The van der Waals surface area contributed by atoms with E-state index < -0.39 is 12.2 Å². The summed E-state index contributed by atoms with van der Waals surface area (Å²) in [6, 6.07) is 6.97. The number of para-hydroxylation sites is 1. The fraction of sp³-hybridized carbons (Fsp3) is 0.476. The fourth-order valence-corrected chi connectivity index (χ4v) is 4.10. The molecule has 9 nitrogen and oxygen atoms in total. The van der Waals surface area contributed by atoms with Gasteiger partial charge in [0.25, 0.3) is 5.91 Å². The third-order valence-electron chi connectivity index (χ3n) is 5.50. The minimum atomic E-state index is -0.571. The lowest BCUT2D eigenvalue weighted by Gasteiger charge is -2.40. The maximum atomic E-state index is 12.9. The number of imide groups is 1. The largest absolute Gasteiger partial charge is 0.359 e. The van der Waals surface area contributed by atoms with E-state index in [1.165, 1.54) is 7.05 Å². The predicted octanol–water partition coefficient (Wildman–Crippen LogP) is 1.78. The van der Waals surface area contributed by atoms with Crippen LogP contribution in [0.25, 0.3) is 10.9 Å². The van der Waals surface area contributed by atoms with Gasteiger partial charge in [0.15, 0.2) is 18.0 Å². The average Bonchev–Trinajstić information content (AvgIpc) is 3.09. The van der Waals surface area contributed by atoms with Crippen molar-refractivity contribution in [3.05, 3.63) is 30.1 Å². The summed E-state index contributed by atoms with van der Waals surface area (Å²) in [5.74, 6) is 1.58. The van der Waals surface area contributed by atoms with E-state index in [4.69, 9.17) is 9.97 Å². The Kier molecular flexibility index (Phi) is 5.05. The van der Waals surface area contributed by atoms with Gasteiger partial charge in [0.2, 0.25) is 0 Å². The van der Waals surface area contributed by atoms with Crippen molar-refractivity contribution in [2.45, 2.75) is 32.6 Å². The molecule has 3 amide bonds. The number of rotatable bonds is 5. The van der Waals surface area contributed by atoms with E-state index in [2.05, 4.69) is 23.7 Å². The number of amides is 3. The Balaban J connectivity index is 1.72. The second-order valence-electron chi connectivity index (χ2n) is 8.35. The van der Waals surface area contributed by atoms with Crippen LogP contribution < -0.4 is 4.90 Å². The van der Waals surface area contributed by atoms with Crippen molar-refractivity contribution in [3.63, 3.8) is 0 Å². The first-order valence-corrected chi connectivity index (χ1v) is 10.1. The summed E-state index contributed by atoms with van der Waals surface area (Å²) in [7, 11) is 5.31. The highest BCUT2D eigenvalue weighted by Gasteiger charge is 2.49. The summed E-state index contributed by atoms with van der Waals surface area (Å²) in [5.41, 5.74) is 0.825. The van der Waals surface area contributed by atoms with Gasteiger partial charge in [-0.05, 0) is 18.1 Å². The second-order valence-corrected chi connectivity index (χ2v) is 8.35. The fourth-order valence-electron chi connectivity index (χ4n) is 4.10. The Morgan fingerprint density at radius 3 is 2.60 bits per heavy atom. The van der Waals surface area contributed by atoms with Gasteiger partial charge in [-0.1, -0.05) is 26.0 Å². The topological polar surface area (TPSA) is 85.2 Å². The minimum Gasteiger partial charge on any atom is -0.359 e. The number of urea groups is 1. The van der Waals surface area contributed by atoms with Gasteiger partial charge in [-0.25, -0.2) is 19.8 Å². The highest BCUT2D eigenvalue weighted by atomic mass is 16.2. The predicted molar refractivity (Wildman–Crippen MR) is 115 cm³/mol. The molecule has 4 rings (SSSR count). The highest BCUT2D eigenvalue weighted by molar-refractivity contribution is 6.01. The van der Waals surface area contributed by atoms with Gasteiger partial charge in [-0.3, -0.25) is 14.6 Å². The quantitative estimate of drug-likeness (QED) is 0.748. The van der Waals surface area contributed by atoms with E-state index in [9.17, 15) is 9.59 Å². The summed E-state index contributed by atoms with van der Waals surface area (Å²) in [6.07, 6.45) is 1.04. The summed E-state index contributed by atoms with van der Waals surface area (Å²) < 4.78 is 0. The Morgan fingerprint density at radius 1 is 1.13 bits per heavy atom. The van der Waals surface area contributed by atoms with Crippen molar-refractivity contribution < 1.29 is 9.59 Å². The zero-order valence-corrected chi connectivity index (χ0v) is 18.0. The summed E-state index contributed by atoms with van der Waals surface area (Å²) >= 11 is 0. The number of anilines is 1. The number of hydrogen-bond acceptors (Lipinski definition) is 7. The molecule has 1 saturated heterocycles. The van der Waals surface area contributed by atoms with Gasteiger partial charge in [-0.2, -0.15) is 0 Å².